The van der Waals surface area contributed by atoms with E-state index in [9.17, 15) is 9.18 Å². The zero-order chi connectivity index (χ0) is 13.3. The highest BCUT2D eigenvalue weighted by Gasteiger charge is 2.26. The van der Waals surface area contributed by atoms with E-state index < -0.39 is 18.2 Å². The van der Waals surface area contributed by atoms with Gasteiger partial charge in [-0.2, -0.15) is 0 Å². The molecule has 6 heteroatoms. The van der Waals surface area contributed by atoms with Gasteiger partial charge in [-0.25, -0.2) is 4.39 Å². The Morgan fingerprint density at radius 2 is 2.29 bits per heavy atom. The number of nitrogens with one attached hydrogen (secondary N) is 2. The molecule has 17 heavy (non-hydrogen) atoms. The molecule has 0 aliphatic heterocycles. The molecule has 0 aromatic rings. The van der Waals surface area contributed by atoms with Crippen molar-refractivity contribution in [3.63, 3.8) is 0 Å². The van der Waals surface area contributed by atoms with Gasteiger partial charge in [0.25, 0.3) is 0 Å². The third kappa shape index (κ3) is 6.80. The van der Waals surface area contributed by atoms with Crippen LogP contribution >= 0.6 is 0 Å². The first-order valence-electron chi connectivity index (χ1n) is 5.40. The summed E-state index contributed by atoms with van der Waals surface area (Å²) in [5.41, 5.74) is 4.81. The molecule has 0 spiro atoms. The Balaban J connectivity index is 4.10. The molecule has 5 N–H and O–H groups in total. The Bertz CT molecular complexity index is 290. The lowest BCUT2D eigenvalue weighted by molar-refractivity contribution is -0.142. The van der Waals surface area contributed by atoms with Gasteiger partial charge in [-0.1, -0.05) is 6.08 Å². The molecule has 0 amide bonds. The molecule has 0 aromatic carbocycles. The summed E-state index contributed by atoms with van der Waals surface area (Å²) in [6.45, 7) is 1.60. The van der Waals surface area contributed by atoms with Gasteiger partial charge in [0.15, 0.2) is 0 Å². The minimum Gasteiger partial charge on any atom is -0.480 e. The third-order valence-corrected chi connectivity index (χ3v) is 2.36. The number of allylic oxidation sites excluding steroid dienone is 1. The van der Waals surface area contributed by atoms with Gasteiger partial charge >= 0.3 is 5.97 Å². The van der Waals surface area contributed by atoms with Crippen molar-refractivity contribution in [2.45, 2.75) is 25.3 Å². The number of aliphatic carboxylic acids is 1. The van der Waals surface area contributed by atoms with Crippen molar-refractivity contribution >= 4 is 12.2 Å². The van der Waals surface area contributed by atoms with Gasteiger partial charge in [0.1, 0.15) is 12.2 Å². The molecule has 0 aliphatic carbocycles. The Morgan fingerprint density at radius 3 is 2.76 bits per heavy atom. The fourth-order valence-corrected chi connectivity index (χ4v) is 1.16. The number of hydrogen-bond donors (Lipinski definition) is 4. The Hall–Kier alpha value is -1.27. The lowest BCUT2D eigenvalue weighted by Crippen LogP contribution is -2.44. The van der Waals surface area contributed by atoms with E-state index in [1.54, 1.807) is 6.08 Å². The van der Waals surface area contributed by atoms with Crippen LogP contribution in [0.5, 0.6) is 0 Å². The van der Waals surface area contributed by atoms with Gasteiger partial charge in [-0.3, -0.25) is 4.79 Å². The van der Waals surface area contributed by atoms with Crippen LogP contribution in [0.2, 0.25) is 0 Å². The average Bonchev–Trinajstić information content (AvgIpc) is 2.26. The minimum absolute atomic E-state index is 0.260. The van der Waals surface area contributed by atoms with Crippen molar-refractivity contribution in [3.05, 3.63) is 11.6 Å². The number of nitrogens with two attached hydrogens (primary N) is 1. The molecule has 98 valence electrons. The van der Waals surface area contributed by atoms with Crippen molar-refractivity contribution in [2.24, 2.45) is 5.73 Å². The van der Waals surface area contributed by atoms with E-state index in [0.29, 0.717) is 25.1 Å². The van der Waals surface area contributed by atoms with Gasteiger partial charge in [-0.15, -0.1) is 0 Å². The molecule has 0 heterocycles. The number of rotatable bonds is 9. The zero-order valence-electron chi connectivity index (χ0n) is 10.0. The second-order valence-electron chi connectivity index (χ2n) is 4.09. The number of halogens is 1. The summed E-state index contributed by atoms with van der Waals surface area (Å²) in [5, 5.41) is 18.4. The van der Waals surface area contributed by atoms with E-state index >= 15 is 0 Å². The molecular weight excluding hydrogens is 225 g/mol. The van der Waals surface area contributed by atoms with Crippen LogP contribution in [0, 0.1) is 5.41 Å². The van der Waals surface area contributed by atoms with E-state index in [2.05, 4.69) is 5.32 Å². The van der Waals surface area contributed by atoms with Gasteiger partial charge in [0, 0.05) is 19.3 Å². The van der Waals surface area contributed by atoms with Crippen molar-refractivity contribution in [3.8, 4) is 0 Å². The highest BCUT2D eigenvalue weighted by molar-refractivity contribution is 5.77. The van der Waals surface area contributed by atoms with E-state index in [-0.39, 0.29) is 6.42 Å². The van der Waals surface area contributed by atoms with Crippen molar-refractivity contribution in [1.82, 2.24) is 5.32 Å². The molecule has 0 radical (unpaired) electrons. The SMILES string of the molecule is C[C@](N)(CC/C=C(\CF)CNCC=N)C(=O)O. The maximum atomic E-state index is 12.6. The summed E-state index contributed by atoms with van der Waals surface area (Å²) >= 11 is 0. The van der Waals surface area contributed by atoms with Crippen LogP contribution in [0.15, 0.2) is 11.6 Å². The normalized spacial score (nSPS) is 15.4. The van der Waals surface area contributed by atoms with Crippen molar-refractivity contribution in [2.75, 3.05) is 19.8 Å². The molecule has 1 atom stereocenters. The van der Waals surface area contributed by atoms with E-state index in [1.807, 2.05) is 0 Å². The summed E-state index contributed by atoms with van der Waals surface area (Å²) in [4.78, 5) is 10.7. The van der Waals surface area contributed by atoms with Gasteiger partial charge in [0.2, 0.25) is 0 Å². The molecular formula is C11H20FN3O2. The maximum Gasteiger partial charge on any atom is 0.323 e. The Morgan fingerprint density at radius 1 is 1.65 bits per heavy atom. The van der Waals surface area contributed by atoms with Crippen LogP contribution in [-0.4, -0.2) is 42.6 Å². The fraction of sp³-hybridized carbons (Fsp3) is 0.636. The van der Waals surface area contributed by atoms with Crippen LogP contribution in [0.25, 0.3) is 0 Å². The summed E-state index contributed by atoms with van der Waals surface area (Å²) in [7, 11) is 0. The fourth-order valence-electron chi connectivity index (χ4n) is 1.16. The number of carboxylic acid groups (broad SMARTS) is 1. The highest BCUT2D eigenvalue weighted by atomic mass is 19.1. The van der Waals surface area contributed by atoms with E-state index in [0.717, 1.165) is 0 Å². The molecule has 0 unspecified atom stereocenters. The lowest BCUT2D eigenvalue weighted by Gasteiger charge is -2.17. The predicted molar refractivity (Wildman–Crippen MR) is 65.2 cm³/mol. The van der Waals surface area contributed by atoms with Crippen molar-refractivity contribution in [1.29, 1.82) is 5.41 Å². The smallest absolute Gasteiger partial charge is 0.323 e. The van der Waals surface area contributed by atoms with Gasteiger partial charge < -0.3 is 21.6 Å². The first-order valence-corrected chi connectivity index (χ1v) is 5.40. The summed E-state index contributed by atoms with van der Waals surface area (Å²) in [6, 6.07) is 0. The molecule has 0 saturated heterocycles. The predicted octanol–water partition coefficient (Wildman–Crippen LogP) is 0.704. The Labute approximate surface area is 100 Å². The topological polar surface area (TPSA) is 99.2 Å². The minimum atomic E-state index is -1.28. The quantitative estimate of drug-likeness (QED) is 0.273. The van der Waals surface area contributed by atoms with Gasteiger partial charge in [0.05, 0.1) is 0 Å². The summed E-state index contributed by atoms with van der Waals surface area (Å²) in [6.07, 6.45) is 3.53. The zero-order valence-corrected chi connectivity index (χ0v) is 10.0. The van der Waals surface area contributed by atoms with Crippen LogP contribution in [-0.2, 0) is 4.79 Å². The number of carbonyl (C=O) groups is 1. The molecule has 0 fully saturated rings. The third-order valence-electron chi connectivity index (χ3n) is 2.36. The van der Waals surface area contributed by atoms with Crippen LogP contribution in [0.1, 0.15) is 19.8 Å². The van der Waals surface area contributed by atoms with Crippen LogP contribution in [0.4, 0.5) is 4.39 Å². The lowest BCUT2D eigenvalue weighted by atomic mass is 9.97. The average molecular weight is 245 g/mol. The molecule has 0 rings (SSSR count). The van der Waals surface area contributed by atoms with Gasteiger partial charge in [-0.05, 0) is 25.3 Å². The monoisotopic (exact) mass is 245 g/mol. The van der Waals surface area contributed by atoms with Crippen LogP contribution < -0.4 is 11.1 Å². The largest absolute Gasteiger partial charge is 0.480 e. The first-order chi connectivity index (χ1) is 7.94. The molecule has 0 aromatic heterocycles. The Kier molecular flexibility index (Phi) is 7.32. The van der Waals surface area contributed by atoms with Crippen molar-refractivity contribution < 1.29 is 14.3 Å². The van der Waals surface area contributed by atoms with E-state index in [4.69, 9.17) is 16.2 Å². The number of carboxylic acids is 1. The molecule has 0 aliphatic rings. The molecule has 5 nitrogen and oxygen atoms in total. The highest BCUT2D eigenvalue weighted by Crippen LogP contribution is 2.10. The number of hydrogen-bond acceptors (Lipinski definition) is 4. The number of alkyl halides is 1. The molecule has 0 bridgehead atoms. The van der Waals surface area contributed by atoms with Crippen LogP contribution in [0.3, 0.4) is 0 Å². The second-order valence-corrected chi connectivity index (χ2v) is 4.09. The molecule has 0 saturated carbocycles. The standard InChI is InChI=1S/C11H20FN3O2/c1-11(14,10(16)17)4-2-3-9(7-12)8-15-6-5-13/h3,5,13,15H,2,4,6-8,14H2,1H3,(H,16,17)/b9-3+,13-5?/t11-/m0/s1. The summed E-state index contributed by atoms with van der Waals surface area (Å²) in [5.74, 6) is -1.06. The maximum absolute atomic E-state index is 12.6. The van der Waals surface area contributed by atoms with E-state index in [1.165, 1.54) is 13.1 Å². The first kappa shape index (κ1) is 15.7. The second kappa shape index (κ2) is 7.92. The summed E-state index contributed by atoms with van der Waals surface area (Å²) < 4.78 is 12.6.